The standard InChI is InChI=1S/C31H56N6O8S/c1-8-12-19-31(18-11-4,20-13-9-2)36(22-14-10-3)44-46(40,41)45-37-24-15-16-25(35(23-24)29(37)39)27-34-33-26(42-27)17-21-32-28(38)43-30(5,6)7/h24-25H,8-23H2,1-7H3,(H,32,38)/t24-,25-/m0/s1. The Morgan fingerprint density at radius 3 is 2.28 bits per heavy atom. The smallest absolute Gasteiger partial charge is 0.437 e. The number of nitrogens with one attached hydrogen (secondary N) is 1. The first-order valence-electron chi connectivity index (χ1n) is 17.1. The molecule has 2 atom stereocenters. The van der Waals surface area contributed by atoms with Crippen molar-refractivity contribution in [1.82, 2.24) is 30.5 Å². The van der Waals surface area contributed by atoms with E-state index >= 15 is 0 Å². The van der Waals surface area contributed by atoms with E-state index in [1.807, 2.05) is 0 Å². The lowest BCUT2D eigenvalue weighted by molar-refractivity contribution is -0.172. The van der Waals surface area contributed by atoms with E-state index in [-0.39, 0.29) is 25.4 Å². The van der Waals surface area contributed by atoms with E-state index in [9.17, 15) is 18.0 Å². The summed E-state index contributed by atoms with van der Waals surface area (Å²) in [5.74, 6) is 0.555. The van der Waals surface area contributed by atoms with Crippen LogP contribution in [0.4, 0.5) is 9.59 Å². The van der Waals surface area contributed by atoms with Gasteiger partial charge in [0, 0.05) is 31.6 Å². The number of fused-ring (bicyclic) bond motifs is 2. The van der Waals surface area contributed by atoms with E-state index < -0.39 is 45.7 Å². The number of unbranched alkanes of at least 4 members (excludes halogenated alkanes) is 3. The summed E-state index contributed by atoms with van der Waals surface area (Å²) >= 11 is 0. The number of rotatable bonds is 20. The Labute approximate surface area is 275 Å². The lowest BCUT2D eigenvalue weighted by Crippen LogP contribution is -2.51. The van der Waals surface area contributed by atoms with Gasteiger partial charge in [-0.2, -0.15) is 22.8 Å². The Balaban J connectivity index is 1.68. The van der Waals surface area contributed by atoms with Crippen molar-refractivity contribution in [2.45, 2.75) is 155 Å². The maximum Gasteiger partial charge on any atom is 0.437 e. The number of alkyl carbamates (subject to hydrolysis) is 1. The molecule has 3 heterocycles. The van der Waals surface area contributed by atoms with Gasteiger partial charge in [-0.1, -0.05) is 66.2 Å². The molecule has 1 aromatic heterocycles. The van der Waals surface area contributed by atoms with Gasteiger partial charge in [0.2, 0.25) is 11.8 Å². The Kier molecular flexibility index (Phi) is 14.1. The van der Waals surface area contributed by atoms with E-state index in [1.165, 1.54) is 4.90 Å². The third kappa shape index (κ3) is 10.5. The minimum absolute atomic E-state index is 0.233. The molecule has 2 saturated heterocycles. The average Bonchev–Trinajstić information content (AvgIpc) is 3.54. The summed E-state index contributed by atoms with van der Waals surface area (Å²) in [7, 11) is -4.62. The molecule has 3 amide bonds. The Hall–Kier alpha value is -2.49. The molecule has 2 bridgehead atoms. The van der Waals surface area contributed by atoms with Crippen LogP contribution < -0.4 is 5.32 Å². The van der Waals surface area contributed by atoms with Gasteiger partial charge in [0.25, 0.3) is 0 Å². The molecule has 0 radical (unpaired) electrons. The summed E-state index contributed by atoms with van der Waals surface area (Å²) < 4.78 is 49.3. The fourth-order valence-electron chi connectivity index (χ4n) is 6.18. The summed E-state index contributed by atoms with van der Waals surface area (Å²) in [6, 6.07) is -1.59. The summed E-state index contributed by atoms with van der Waals surface area (Å²) in [6.07, 6.45) is 9.59. The molecular formula is C31H56N6O8S. The molecule has 1 aromatic rings. The first-order chi connectivity index (χ1) is 21.8. The number of carbonyl (C=O) groups excluding carboxylic acids is 2. The Bertz CT molecular complexity index is 1210. The zero-order valence-corrected chi connectivity index (χ0v) is 29.7. The molecule has 15 heteroatoms. The largest absolute Gasteiger partial charge is 0.444 e. The molecule has 0 aromatic carbocycles. The quantitative estimate of drug-likeness (QED) is 0.157. The second kappa shape index (κ2) is 17.1. The van der Waals surface area contributed by atoms with Crippen molar-refractivity contribution in [3.63, 3.8) is 0 Å². The first-order valence-corrected chi connectivity index (χ1v) is 18.4. The number of hydrogen-bond donors (Lipinski definition) is 1. The predicted molar refractivity (Wildman–Crippen MR) is 171 cm³/mol. The highest BCUT2D eigenvalue weighted by atomic mass is 32.3. The third-order valence-corrected chi connectivity index (χ3v) is 9.11. The number of carbonyl (C=O) groups is 2. The van der Waals surface area contributed by atoms with Gasteiger partial charge < -0.3 is 19.4 Å². The van der Waals surface area contributed by atoms with Crippen LogP contribution >= 0.6 is 0 Å². The molecule has 46 heavy (non-hydrogen) atoms. The van der Waals surface area contributed by atoms with Gasteiger partial charge in [0.15, 0.2) is 0 Å². The zero-order valence-electron chi connectivity index (χ0n) is 28.9. The van der Waals surface area contributed by atoms with Crippen molar-refractivity contribution >= 4 is 22.5 Å². The summed E-state index contributed by atoms with van der Waals surface area (Å²) in [6.45, 7) is 14.7. The van der Waals surface area contributed by atoms with Gasteiger partial charge in [-0.15, -0.1) is 14.5 Å². The molecule has 0 saturated carbocycles. The average molecular weight is 673 g/mol. The Morgan fingerprint density at radius 1 is 1.00 bits per heavy atom. The lowest BCUT2D eigenvalue weighted by Gasteiger charge is -2.43. The topological polar surface area (TPSA) is 157 Å². The van der Waals surface area contributed by atoms with Crippen molar-refractivity contribution in [3.05, 3.63) is 11.8 Å². The minimum Gasteiger partial charge on any atom is -0.444 e. The first kappa shape index (κ1) is 38.0. The van der Waals surface area contributed by atoms with E-state index in [2.05, 4.69) is 43.2 Å². The van der Waals surface area contributed by atoms with E-state index in [0.29, 0.717) is 25.3 Å². The number of hydroxylamine groups is 4. The molecule has 2 aliphatic rings. The van der Waals surface area contributed by atoms with Crippen LogP contribution in [-0.2, 0) is 30.1 Å². The third-order valence-electron chi connectivity index (χ3n) is 8.40. The van der Waals surface area contributed by atoms with Crippen LogP contribution in [0.1, 0.15) is 143 Å². The monoisotopic (exact) mass is 672 g/mol. The number of aromatic nitrogens is 2. The zero-order chi connectivity index (χ0) is 34.0. The second-order valence-electron chi connectivity index (χ2n) is 13.4. The molecular weight excluding hydrogens is 616 g/mol. The minimum atomic E-state index is -4.62. The second-order valence-corrected chi connectivity index (χ2v) is 14.5. The SMILES string of the molecule is CCCCN(OS(=O)(=O)ON1C(=O)N2C[C@@H]1CC[C@H]2c1nnc(CCNC(=O)OC(C)(C)C)o1)C(CCC)(CCCC)CCCC. The van der Waals surface area contributed by atoms with Crippen LogP contribution in [0.2, 0.25) is 0 Å². The molecule has 1 N–H and O–H groups in total. The molecule has 0 aliphatic carbocycles. The van der Waals surface area contributed by atoms with Crippen molar-refractivity contribution in [2.24, 2.45) is 0 Å². The summed E-state index contributed by atoms with van der Waals surface area (Å²) in [4.78, 5) is 26.9. The number of hydrogen-bond acceptors (Lipinski definition) is 11. The Morgan fingerprint density at radius 2 is 1.67 bits per heavy atom. The fourth-order valence-corrected chi connectivity index (χ4v) is 7.04. The molecule has 2 fully saturated rings. The highest BCUT2D eigenvalue weighted by Crippen LogP contribution is 2.39. The predicted octanol–water partition coefficient (Wildman–Crippen LogP) is 6.21. The van der Waals surface area contributed by atoms with Gasteiger partial charge in [-0.25, -0.2) is 9.59 Å². The van der Waals surface area contributed by atoms with Crippen LogP contribution in [-0.4, -0.2) is 82.6 Å². The van der Waals surface area contributed by atoms with E-state index in [0.717, 1.165) is 69.3 Å². The molecule has 2 aliphatic heterocycles. The molecule has 264 valence electrons. The van der Waals surface area contributed by atoms with Gasteiger partial charge in [-0.3, -0.25) is 0 Å². The summed E-state index contributed by atoms with van der Waals surface area (Å²) in [5.41, 5.74) is -1.05. The van der Waals surface area contributed by atoms with Crippen LogP contribution in [0.25, 0.3) is 0 Å². The fraction of sp³-hybridized carbons (Fsp3) is 0.871. The van der Waals surface area contributed by atoms with Crippen molar-refractivity contribution < 1.29 is 35.7 Å². The highest BCUT2D eigenvalue weighted by Gasteiger charge is 2.50. The summed E-state index contributed by atoms with van der Waals surface area (Å²) in [5, 5.41) is 13.4. The number of nitrogens with zero attached hydrogens (tertiary/aromatic N) is 5. The number of piperidine rings is 1. The maximum absolute atomic E-state index is 13.5. The number of ether oxygens (including phenoxy) is 1. The van der Waals surface area contributed by atoms with E-state index in [4.69, 9.17) is 17.7 Å². The normalized spacial score (nSPS) is 18.9. The van der Waals surface area contributed by atoms with E-state index in [1.54, 1.807) is 25.8 Å². The van der Waals surface area contributed by atoms with Crippen LogP contribution in [0, 0.1) is 0 Å². The lowest BCUT2D eigenvalue weighted by atomic mass is 9.82. The van der Waals surface area contributed by atoms with Gasteiger partial charge in [-0.05, 0) is 59.3 Å². The number of urea groups is 1. The van der Waals surface area contributed by atoms with Crippen LogP contribution in [0.5, 0.6) is 0 Å². The van der Waals surface area contributed by atoms with Crippen molar-refractivity contribution in [1.29, 1.82) is 0 Å². The highest BCUT2D eigenvalue weighted by molar-refractivity contribution is 7.81. The van der Waals surface area contributed by atoms with Gasteiger partial charge in [0.05, 0.1) is 6.04 Å². The number of amides is 3. The van der Waals surface area contributed by atoms with Crippen molar-refractivity contribution in [3.8, 4) is 0 Å². The molecule has 3 rings (SSSR count). The molecule has 0 unspecified atom stereocenters. The molecule has 14 nitrogen and oxygen atoms in total. The van der Waals surface area contributed by atoms with Crippen molar-refractivity contribution in [2.75, 3.05) is 19.6 Å². The van der Waals surface area contributed by atoms with Crippen LogP contribution in [0.3, 0.4) is 0 Å². The van der Waals surface area contributed by atoms with Crippen LogP contribution in [0.15, 0.2) is 4.42 Å². The molecule has 0 spiro atoms. The van der Waals surface area contributed by atoms with Gasteiger partial charge in [0.1, 0.15) is 11.6 Å². The van der Waals surface area contributed by atoms with Gasteiger partial charge >= 0.3 is 22.5 Å². The maximum atomic E-state index is 13.5.